The first-order valence-corrected chi connectivity index (χ1v) is 11.5. The summed E-state index contributed by atoms with van der Waals surface area (Å²) in [4.78, 5) is 37.9. The second-order valence-corrected chi connectivity index (χ2v) is 8.81. The summed E-state index contributed by atoms with van der Waals surface area (Å²) in [6, 6.07) is 13.3. The Morgan fingerprint density at radius 3 is 2.51 bits per heavy atom. The lowest BCUT2D eigenvalue weighted by Crippen LogP contribution is -2.45. The fourth-order valence-electron chi connectivity index (χ4n) is 4.66. The molecular weight excluding hydrogens is 452 g/mol. The summed E-state index contributed by atoms with van der Waals surface area (Å²) < 4.78 is 0. The Morgan fingerprint density at radius 2 is 1.86 bits per heavy atom. The van der Waals surface area contributed by atoms with Gasteiger partial charge in [0.2, 0.25) is 11.8 Å². The number of hydrogen-bond acceptors (Lipinski definition) is 6. The van der Waals surface area contributed by atoms with Gasteiger partial charge in [-0.1, -0.05) is 47.7 Å². The second kappa shape index (κ2) is 11.0. The van der Waals surface area contributed by atoms with Gasteiger partial charge in [-0.25, -0.2) is 10.3 Å². The molecule has 2 unspecified atom stereocenters. The van der Waals surface area contributed by atoms with E-state index in [1.165, 1.54) is 4.90 Å². The topological polar surface area (TPSA) is 161 Å². The third-order valence-corrected chi connectivity index (χ3v) is 6.54. The number of carboxylic acid groups (broad SMARTS) is 1. The molecule has 2 heterocycles. The van der Waals surface area contributed by atoms with Crippen molar-refractivity contribution in [3.05, 3.63) is 59.9 Å². The van der Waals surface area contributed by atoms with Crippen LogP contribution in [0.25, 0.3) is 10.8 Å². The van der Waals surface area contributed by atoms with Crippen molar-refractivity contribution in [1.82, 2.24) is 31.1 Å². The van der Waals surface area contributed by atoms with Crippen LogP contribution >= 0.6 is 0 Å². The number of nitrogens with zero attached hydrogens (tertiary/aromatic N) is 3. The van der Waals surface area contributed by atoms with Crippen LogP contribution in [0, 0.1) is 11.8 Å². The van der Waals surface area contributed by atoms with Crippen LogP contribution in [0.1, 0.15) is 36.6 Å². The fourth-order valence-corrected chi connectivity index (χ4v) is 4.66. The molecule has 0 radical (unpaired) electrons. The van der Waals surface area contributed by atoms with Crippen molar-refractivity contribution in [3.8, 4) is 0 Å². The molecule has 11 heteroatoms. The highest BCUT2D eigenvalue weighted by molar-refractivity contribution is 5.83. The number of rotatable bonds is 8. The summed E-state index contributed by atoms with van der Waals surface area (Å²) in [5, 5.41) is 34.1. The molecular formula is C24H28N6O5. The van der Waals surface area contributed by atoms with Crippen LogP contribution in [0.3, 0.4) is 0 Å². The number of benzene rings is 2. The Kier molecular flexibility index (Phi) is 7.56. The molecule has 11 nitrogen and oxygen atoms in total. The Labute approximate surface area is 201 Å². The first-order chi connectivity index (χ1) is 16.9. The Morgan fingerprint density at radius 1 is 1.11 bits per heavy atom. The monoisotopic (exact) mass is 480 g/mol. The van der Waals surface area contributed by atoms with Crippen LogP contribution in [0.2, 0.25) is 0 Å². The van der Waals surface area contributed by atoms with Crippen molar-refractivity contribution in [3.63, 3.8) is 0 Å². The highest BCUT2D eigenvalue weighted by atomic mass is 16.5. The molecule has 0 saturated carbocycles. The summed E-state index contributed by atoms with van der Waals surface area (Å²) in [6.07, 6.45) is 1.79. The average molecular weight is 481 g/mol. The van der Waals surface area contributed by atoms with Crippen LogP contribution in [-0.4, -0.2) is 61.6 Å². The summed E-state index contributed by atoms with van der Waals surface area (Å²) in [5.74, 6) is -1.59. The minimum Gasteiger partial charge on any atom is -0.465 e. The molecule has 1 saturated heterocycles. The minimum atomic E-state index is -0.991. The Hall–Kier alpha value is -3.99. The van der Waals surface area contributed by atoms with Crippen LogP contribution in [-0.2, 0) is 16.0 Å². The number of likely N-dealkylation sites (tertiary alicyclic amines) is 1. The molecule has 1 fully saturated rings. The van der Waals surface area contributed by atoms with Crippen LogP contribution in [0.5, 0.6) is 0 Å². The van der Waals surface area contributed by atoms with Gasteiger partial charge in [0.05, 0.1) is 6.04 Å². The summed E-state index contributed by atoms with van der Waals surface area (Å²) in [7, 11) is 0. The van der Waals surface area contributed by atoms with E-state index in [9.17, 15) is 19.6 Å². The van der Waals surface area contributed by atoms with E-state index in [-0.39, 0.29) is 31.3 Å². The maximum atomic E-state index is 13.2. The third kappa shape index (κ3) is 5.93. The van der Waals surface area contributed by atoms with Crippen molar-refractivity contribution in [2.45, 2.75) is 31.7 Å². The van der Waals surface area contributed by atoms with Gasteiger partial charge in [-0.05, 0) is 41.5 Å². The van der Waals surface area contributed by atoms with Gasteiger partial charge < -0.3 is 15.3 Å². The van der Waals surface area contributed by atoms with Gasteiger partial charge in [0.1, 0.15) is 5.69 Å². The number of nitrogens with one attached hydrogen (secondary N) is 3. The summed E-state index contributed by atoms with van der Waals surface area (Å²) >= 11 is 0. The number of piperidine rings is 1. The molecule has 3 aromatic rings. The number of hydrogen-bond donors (Lipinski definition) is 5. The smallest absolute Gasteiger partial charge is 0.407 e. The van der Waals surface area contributed by atoms with Crippen molar-refractivity contribution >= 4 is 28.7 Å². The first kappa shape index (κ1) is 24.1. The number of carbonyl (C=O) groups is 3. The zero-order valence-electron chi connectivity index (χ0n) is 19.1. The maximum absolute atomic E-state index is 13.2. The zero-order valence-corrected chi connectivity index (χ0v) is 19.1. The Bertz CT molecular complexity index is 1180. The molecule has 2 atom stereocenters. The molecule has 1 aliphatic rings. The quantitative estimate of drug-likeness (QED) is 0.244. The molecule has 2 aromatic carbocycles. The van der Waals surface area contributed by atoms with E-state index in [4.69, 9.17) is 5.11 Å². The minimum absolute atomic E-state index is 0.0570. The van der Waals surface area contributed by atoms with Crippen molar-refractivity contribution in [1.29, 1.82) is 0 Å². The zero-order chi connectivity index (χ0) is 24.8. The molecule has 1 aromatic heterocycles. The first-order valence-electron chi connectivity index (χ1n) is 11.5. The molecule has 35 heavy (non-hydrogen) atoms. The Balaban J connectivity index is 1.57. The SMILES string of the molecule is O=C(CC(Cc1ccc2ccccc2c1)C(NC(=O)C1CCN(C(=O)O)CC1)c1c[nH]nn1)NO. The lowest BCUT2D eigenvalue weighted by atomic mass is 9.86. The highest BCUT2D eigenvalue weighted by Crippen LogP contribution is 2.29. The van der Waals surface area contributed by atoms with E-state index in [0.29, 0.717) is 25.0 Å². The standard InChI is InChI=1S/C24H28N6O5/c31-21(28-35)13-19(12-15-5-6-16-3-1-2-4-18(16)11-15)22(20-14-25-29-27-20)26-23(32)17-7-9-30(10-8-17)24(33)34/h1-6,11,14,17,19,22,35H,7-10,12-13H2,(H,26,32)(H,28,31)(H,33,34)(H,25,27,29). The van der Waals surface area contributed by atoms with Crippen molar-refractivity contribution in [2.24, 2.45) is 11.8 Å². The molecule has 3 amide bonds. The molecule has 184 valence electrons. The largest absolute Gasteiger partial charge is 0.465 e. The molecule has 0 bridgehead atoms. The number of aromatic amines is 1. The lowest BCUT2D eigenvalue weighted by Gasteiger charge is -2.32. The predicted molar refractivity (Wildman–Crippen MR) is 125 cm³/mol. The van der Waals surface area contributed by atoms with Crippen molar-refractivity contribution in [2.75, 3.05) is 13.1 Å². The third-order valence-electron chi connectivity index (χ3n) is 6.54. The fraction of sp³-hybridized carbons (Fsp3) is 0.375. The van der Waals surface area contributed by atoms with Gasteiger partial charge in [0.15, 0.2) is 0 Å². The molecule has 0 aliphatic carbocycles. The van der Waals surface area contributed by atoms with E-state index in [0.717, 1.165) is 16.3 Å². The lowest BCUT2D eigenvalue weighted by molar-refractivity contribution is -0.132. The highest BCUT2D eigenvalue weighted by Gasteiger charge is 2.33. The van der Waals surface area contributed by atoms with E-state index >= 15 is 0 Å². The van der Waals surface area contributed by atoms with Gasteiger partial charge in [0.25, 0.3) is 0 Å². The molecule has 5 N–H and O–H groups in total. The van der Waals surface area contributed by atoms with E-state index < -0.39 is 24.0 Å². The van der Waals surface area contributed by atoms with E-state index in [1.807, 2.05) is 42.5 Å². The summed E-state index contributed by atoms with van der Waals surface area (Å²) in [5.41, 5.74) is 3.13. The normalized spacial score (nSPS) is 16.0. The van der Waals surface area contributed by atoms with E-state index in [1.54, 1.807) is 11.7 Å². The molecule has 1 aliphatic heterocycles. The number of H-pyrrole nitrogens is 1. The van der Waals surface area contributed by atoms with Gasteiger partial charge in [-0.15, -0.1) is 5.10 Å². The van der Waals surface area contributed by atoms with Gasteiger partial charge in [-0.3, -0.25) is 19.9 Å². The predicted octanol–water partition coefficient (Wildman–Crippen LogP) is 2.26. The molecule has 0 spiro atoms. The molecule has 4 rings (SSSR count). The van der Waals surface area contributed by atoms with Crippen LogP contribution < -0.4 is 10.8 Å². The van der Waals surface area contributed by atoms with Gasteiger partial charge in [-0.2, -0.15) is 0 Å². The number of aromatic nitrogens is 3. The summed E-state index contributed by atoms with van der Waals surface area (Å²) in [6.45, 7) is 0.574. The van der Waals surface area contributed by atoms with Crippen molar-refractivity contribution < 1.29 is 24.7 Å². The maximum Gasteiger partial charge on any atom is 0.407 e. The number of carbonyl (C=O) groups excluding carboxylic acids is 2. The van der Waals surface area contributed by atoms with Crippen LogP contribution in [0.4, 0.5) is 4.79 Å². The number of amides is 3. The van der Waals surface area contributed by atoms with E-state index in [2.05, 4.69) is 20.7 Å². The second-order valence-electron chi connectivity index (χ2n) is 8.81. The number of hydroxylamine groups is 1. The van der Waals surface area contributed by atoms with Gasteiger partial charge >= 0.3 is 6.09 Å². The van der Waals surface area contributed by atoms with Crippen LogP contribution in [0.15, 0.2) is 48.7 Å². The average Bonchev–Trinajstić information content (AvgIpc) is 3.41. The number of fused-ring (bicyclic) bond motifs is 1. The van der Waals surface area contributed by atoms with Gasteiger partial charge in [0, 0.05) is 31.6 Å².